The number of carbonyl (C=O) groups is 2. The van der Waals surface area contributed by atoms with E-state index in [2.05, 4.69) is 27.0 Å². The second kappa shape index (κ2) is 28.4. The molecule has 67 heavy (non-hydrogen) atoms. The summed E-state index contributed by atoms with van der Waals surface area (Å²) in [4.78, 5) is 34.0. The van der Waals surface area contributed by atoms with Crippen molar-refractivity contribution in [2.24, 2.45) is 10.2 Å². The van der Waals surface area contributed by atoms with Crippen LogP contribution in [-0.4, -0.2) is 74.0 Å². The summed E-state index contributed by atoms with van der Waals surface area (Å²) < 4.78 is 44.6. The Kier molecular flexibility index (Phi) is 21.5. The molecule has 0 radical (unpaired) electrons. The van der Waals surface area contributed by atoms with Crippen LogP contribution in [-0.2, 0) is 39.8 Å². The normalized spacial score (nSPS) is 21.3. The van der Waals surface area contributed by atoms with E-state index in [0.717, 1.165) is 36.8 Å². The van der Waals surface area contributed by atoms with Crippen molar-refractivity contribution in [3.8, 4) is 0 Å². The van der Waals surface area contributed by atoms with Gasteiger partial charge in [-0.05, 0) is 53.7 Å². The van der Waals surface area contributed by atoms with Crippen LogP contribution in [0.4, 0.5) is 0 Å². The number of fused-ring (bicyclic) bond motifs is 1. The van der Waals surface area contributed by atoms with Gasteiger partial charge >= 0.3 is 11.9 Å². The Hall–Kier alpha value is -5.76. The molecule has 6 rings (SSSR count). The SMILES string of the molecule is CCCCCCCCCCCCCC[C@@H](OC(=O)c1ccccc1)[C@@H](OC(=O)c1ccccc1)[C@H](CO[C@@H]1O[C@@H]2CO[C@@H](c3ccccc3)O[C@H]2[C@H](OCc2ccccc2)[C@@H]1N=[N+]=[N-])N=[N+]=[N-]. The number of benzene rings is 4. The highest BCUT2D eigenvalue weighted by Gasteiger charge is 2.51. The number of carbonyl (C=O) groups excluding carboxylic acids is 2. The molecule has 4 aromatic rings. The van der Waals surface area contributed by atoms with Crippen molar-refractivity contribution in [1.29, 1.82) is 0 Å². The van der Waals surface area contributed by atoms with Crippen molar-refractivity contribution in [3.05, 3.63) is 164 Å². The molecule has 9 atom stereocenters. The Morgan fingerprint density at radius 3 is 1.81 bits per heavy atom. The number of rotatable bonds is 28. The van der Waals surface area contributed by atoms with Crippen molar-refractivity contribution in [2.75, 3.05) is 13.2 Å². The molecule has 15 nitrogen and oxygen atoms in total. The van der Waals surface area contributed by atoms with E-state index in [1.54, 1.807) is 60.7 Å². The highest BCUT2D eigenvalue weighted by Crippen LogP contribution is 2.37. The average Bonchev–Trinajstić information content (AvgIpc) is 3.37. The first-order chi connectivity index (χ1) is 33.0. The van der Waals surface area contributed by atoms with E-state index in [1.165, 1.54) is 44.9 Å². The predicted molar refractivity (Wildman–Crippen MR) is 252 cm³/mol. The number of ether oxygens (including phenoxy) is 7. The molecule has 2 fully saturated rings. The fraction of sp³-hybridized carbons (Fsp3) is 0.500. The van der Waals surface area contributed by atoms with Gasteiger partial charge in [0, 0.05) is 15.4 Å². The van der Waals surface area contributed by atoms with E-state index in [1.807, 2.05) is 60.7 Å². The standard InChI is InChI=1S/C52H64N6O9/c1-2-3-4-5-6-7-8-9-10-11-12-25-34-43(64-49(59)39-28-19-14-20-29-39)46(66-50(60)40-30-21-15-22-31-40)42(55-57-53)36-62-52-45(56-58-54)48(61-35-38-26-17-13-18-27-38)47-44(65-52)37-63-51(67-47)41-32-23-16-24-33-41/h13-24,26-33,42-48,51-52H,2-12,25,34-37H2,1H3/t42-,43+,44+,45-,46-,47+,48+,51+,52+/m0/s1. The number of nitrogens with zero attached hydrogens (tertiary/aromatic N) is 6. The Morgan fingerprint density at radius 1 is 0.672 bits per heavy atom. The summed E-state index contributed by atoms with van der Waals surface area (Å²) in [5, 5.41) is 8.24. The van der Waals surface area contributed by atoms with Crippen LogP contribution in [0.25, 0.3) is 20.9 Å². The maximum atomic E-state index is 13.9. The van der Waals surface area contributed by atoms with Gasteiger partial charge in [0.25, 0.3) is 0 Å². The van der Waals surface area contributed by atoms with Crippen LogP contribution in [0.15, 0.2) is 132 Å². The first-order valence-electron chi connectivity index (χ1n) is 23.8. The Morgan fingerprint density at radius 2 is 1.22 bits per heavy atom. The van der Waals surface area contributed by atoms with Crippen molar-refractivity contribution in [3.63, 3.8) is 0 Å². The molecule has 0 amide bonds. The van der Waals surface area contributed by atoms with Crippen molar-refractivity contribution in [2.45, 2.75) is 152 Å². The highest BCUT2D eigenvalue weighted by molar-refractivity contribution is 5.90. The van der Waals surface area contributed by atoms with Gasteiger partial charge < -0.3 is 33.2 Å². The fourth-order valence-corrected chi connectivity index (χ4v) is 8.50. The van der Waals surface area contributed by atoms with Gasteiger partial charge in [-0.1, -0.05) is 185 Å². The molecule has 356 valence electrons. The molecule has 0 aromatic heterocycles. The lowest BCUT2D eigenvalue weighted by atomic mass is 9.95. The van der Waals surface area contributed by atoms with Gasteiger partial charge in [-0.25, -0.2) is 9.59 Å². The van der Waals surface area contributed by atoms with E-state index in [0.29, 0.717) is 18.4 Å². The van der Waals surface area contributed by atoms with Crippen LogP contribution in [0.5, 0.6) is 0 Å². The van der Waals surface area contributed by atoms with Crippen LogP contribution >= 0.6 is 0 Å². The first-order valence-corrected chi connectivity index (χ1v) is 23.8. The van der Waals surface area contributed by atoms with Gasteiger partial charge in [-0.3, -0.25) is 0 Å². The van der Waals surface area contributed by atoms with Crippen LogP contribution < -0.4 is 0 Å². The van der Waals surface area contributed by atoms with Gasteiger partial charge in [0.2, 0.25) is 0 Å². The van der Waals surface area contributed by atoms with Gasteiger partial charge in [-0.15, -0.1) is 0 Å². The highest BCUT2D eigenvalue weighted by atomic mass is 16.8. The second-order valence-corrected chi connectivity index (χ2v) is 17.0. The van der Waals surface area contributed by atoms with Crippen LogP contribution in [0.2, 0.25) is 0 Å². The topological polar surface area (TPSA) is 196 Å². The second-order valence-electron chi connectivity index (χ2n) is 17.0. The third-order valence-electron chi connectivity index (χ3n) is 12.1. The van der Waals surface area contributed by atoms with Gasteiger partial charge in [0.15, 0.2) is 12.6 Å². The van der Waals surface area contributed by atoms with Crippen molar-refractivity contribution < 1.29 is 42.7 Å². The third-order valence-corrected chi connectivity index (χ3v) is 12.1. The molecule has 2 saturated heterocycles. The molecular formula is C52H64N6O9. The third kappa shape index (κ3) is 15.9. The summed E-state index contributed by atoms with van der Waals surface area (Å²) in [5.41, 5.74) is 22.2. The predicted octanol–water partition coefficient (Wildman–Crippen LogP) is 12.3. The van der Waals surface area contributed by atoms with Crippen molar-refractivity contribution >= 4 is 11.9 Å². The van der Waals surface area contributed by atoms with E-state index >= 15 is 0 Å². The van der Waals surface area contributed by atoms with Crippen LogP contribution in [0.1, 0.15) is 129 Å². The summed E-state index contributed by atoms with van der Waals surface area (Å²) in [6.07, 6.45) is 7.15. The molecule has 0 aliphatic carbocycles. The molecule has 2 aliphatic rings. The Labute approximate surface area is 393 Å². The lowest BCUT2D eigenvalue weighted by Crippen LogP contribution is -2.62. The lowest BCUT2D eigenvalue weighted by Gasteiger charge is -2.48. The zero-order chi connectivity index (χ0) is 46.9. The van der Waals surface area contributed by atoms with Crippen molar-refractivity contribution in [1.82, 2.24) is 0 Å². The maximum absolute atomic E-state index is 13.9. The molecular weight excluding hydrogens is 853 g/mol. The molecule has 2 heterocycles. The number of hydrogen-bond acceptors (Lipinski definition) is 11. The van der Waals surface area contributed by atoms with E-state index in [9.17, 15) is 20.7 Å². The Bertz CT molecular complexity index is 2140. The van der Waals surface area contributed by atoms with E-state index in [4.69, 9.17) is 33.2 Å². The van der Waals surface area contributed by atoms with Crippen LogP contribution in [0.3, 0.4) is 0 Å². The Balaban J connectivity index is 1.23. The minimum atomic E-state index is -1.31. The minimum Gasteiger partial charge on any atom is -0.455 e. The average molecular weight is 917 g/mol. The number of unbranched alkanes of at least 4 members (excludes halogenated alkanes) is 11. The van der Waals surface area contributed by atoms with Gasteiger partial charge in [0.1, 0.15) is 42.6 Å². The molecule has 0 N–H and O–H groups in total. The number of azide groups is 2. The zero-order valence-electron chi connectivity index (χ0n) is 38.4. The molecule has 2 aliphatic heterocycles. The van der Waals surface area contributed by atoms with Crippen LogP contribution in [0, 0.1) is 0 Å². The summed E-state index contributed by atoms with van der Waals surface area (Å²) in [6.45, 7) is 2.08. The maximum Gasteiger partial charge on any atom is 0.338 e. The zero-order valence-corrected chi connectivity index (χ0v) is 38.4. The monoisotopic (exact) mass is 916 g/mol. The van der Waals surface area contributed by atoms with Gasteiger partial charge in [0.05, 0.1) is 30.9 Å². The molecule has 0 saturated carbocycles. The molecule has 0 bridgehead atoms. The quantitative estimate of drug-likeness (QED) is 0.0175. The first kappa shape index (κ1) is 50.6. The van der Waals surface area contributed by atoms with E-state index < -0.39 is 73.7 Å². The summed E-state index contributed by atoms with van der Waals surface area (Å²) in [6, 6.07) is 33.6. The minimum absolute atomic E-state index is 0.0892. The summed E-state index contributed by atoms with van der Waals surface area (Å²) in [7, 11) is 0. The number of hydrogen-bond donors (Lipinski definition) is 0. The summed E-state index contributed by atoms with van der Waals surface area (Å²) >= 11 is 0. The molecule has 15 heteroatoms. The van der Waals surface area contributed by atoms with E-state index in [-0.39, 0.29) is 18.8 Å². The fourth-order valence-electron chi connectivity index (χ4n) is 8.50. The molecule has 0 unspecified atom stereocenters. The number of esters is 2. The molecule has 0 spiro atoms. The molecule has 4 aromatic carbocycles. The van der Waals surface area contributed by atoms with Gasteiger partial charge in [-0.2, -0.15) is 0 Å². The largest absolute Gasteiger partial charge is 0.455 e. The lowest BCUT2D eigenvalue weighted by molar-refractivity contribution is -0.347. The summed E-state index contributed by atoms with van der Waals surface area (Å²) in [5.74, 6) is -1.33. The smallest absolute Gasteiger partial charge is 0.338 e.